The van der Waals surface area contributed by atoms with E-state index < -0.39 is 5.92 Å². The van der Waals surface area contributed by atoms with E-state index in [1.54, 1.807) is 28.8 Å². The highest BCUT2D eigenvalue weighted by atomic mass is 35.5. The zero-order valence-corrected chi connectivity index (χ0v) is 13.3. The van der Waals surface area contributed by atoms with Gasteiger partial charge in [-0.15, -0.1) is 0 Å². The minimum atomic E-state index is -0.479. The number of carbonyl (C=O) groups excluding carboxylic acids is 2. The molecular weight excluding hydrogens is 325 g/mol. The molecule has 1 aromatic carbocycles. The summed E-state index contributed by atoms with van der Waals surface area (Å²) in [6, 6.07) is 8.85. The van der Waals surface area contributed by atoms with Crippen LogP contribution in [0.15, 0.2) is 30.3 Å². The maximum atomic E-state index is 12.7. The van der Waals surface area contributed by atoms with Crippen molar-refractivity contribution < 1.29 is 14.3 Å². The Kier molecular flexibility index (Phi) is 3.98. The minimum absolute atomic E-state index is 0.194. The number of benzene rings is 1. The molecule has 2 heterocycles. The SMILES string of the molecule is COC(=O)C1CCn2c(C(=O)c3ccccc3)c(Cl)c(Cl)c21. The first-order valence-electron chi connectivity index (χ1n) is 6.81. The summed E-state index contributed by atoms with van der Waals surface area (Å²) in [4.78, 5) is 24.6. The lowest BCUT2D eigenvalue weighted by Crippen LogP contribution is -2.12. The standard InChI is InChI=1S/C16H13Cl2NO3/c1-22-16(21)10-7-8-19-13(10)11(17)12(18)14(19)15(20)9-5-3-2-4-6-9/h2-6,10H,7-8H2,1H3. The van der Waals surface area contributed by atoms with Crippen LogP contribution in [0, 0.1) is 0 Å². The average Bonchev–Trinajstić information content (AvgIpc) is 3.07. The van der Waals surface area contributed by atoms with Crippen molar-refractivity contribution in [2.75, 3.05) is 7.11 Å². The van der Waals surface area contributed by atoms with Crippen molar-refractivity contribution in [3.63, 3.8) is 0 Å². The van der Waals surface area contributed by atoms with E-state index >= 15 is 0 Å². The number of methoxy groups -OCH3 is 1. The molecule has 0 saturated heterocycles. The summed E-state index contributed by atoms with van der Waals surface area (Å²) in [5, 5.41) is 0.452. The third-order valence-electron chi connectivity index (χ3n) is 3.89. The third-order valence-corrected chi connectivity index (χ3v) is 4.74. The van der Waals surface area contributed by atoms with E-state index in [4.69, 9.17) is 27.9 Å². The zero-order valence-electron chi connectivity index (χ0n) is 11.8. The van der Waals surface area contributed by atoms with E-state index in [2.05, 4.69) is 0 Å². The van der Waals surface area contributed by atoms with Crippen LogP contribution in [0.3, 0.4) is 0 Å². The van der Waals surface area contributed by atoms with Crippen molar-refractivity contribution >= 4 is 35.0 Å². The van der Waals surface area contributed by atoms with Gasteiger partial charge in [0.2, 0.25) is 5.78 Å². The van der Waals surface area contributed by atoms with Crippen LogP contribution < -0.4 is 0 Å². The smallest absolute Gasteiger partial charge is 0.314 e. The Balaban J connectivity index is 2.11. The average molecular weight is 338 g/mol. The van der Waals surface area contributed by atoms with E-state index in [9.17, 15) is 9.59 Å². The summed E-state index contributed by atoms with van der Waals surface area (Å²) in [5.41, 5.74) is 1.43. The quantitative estimate of drug-likeness (QED) is 0.634. The van der Waals surface area contributed by atoms with Gasteiger partial charge in [0.25, 0.3) is 0 Å². The molecule has 1 aliphatic rings. The molecule has 2 aromatic rings. The molecule has 6 heteroatoms. The van der Waals surface area contributed by atoms with Crippen LogP contribution in [0.2, 0.25) is 10.0 Å². The van der Waals surface area contributed by atoms with Gasteiger partial charge < -0.3 is 9.30 Å². The summed E-state index contributed by atoms with van der Waals surface area (Å²) in [5.74, 6) is -1.05. The topological polar surface area (TPSA) is 48.3 Å². The van der Waals surface area contributed by atoms with Gasteiger partial charge in [0.05, 0.1) is 22.8 Å². The second kappa shape index (κ2) is 5.78. The van der Waals surface area contributed by atoms with Crippen molar-refractivity contribution in [2.24, 2.45) is 0 Å². The van der Waals surface area contributed by atoms with Gasteiger partial charge >= 0.3 is 5.97 Å². The Labute approximate surface area is 137 Å². The number of ketones is 1. The molecule has 114 valence electrons. The van der Waals surface area contributed by atoms with Crippen molar-refractivity contribution in [3.8, 4) is 0 Å². The second-order valence-corrected chi connectivity index (χ2v) is 5.83. The highest BCUT2D eigenvalue weighted by molar-refractivity contribution is 6.45. The second-order valence-electron chi connectivity index (χ2n) is 5.07. The first kappa shape index (κ1) is 15.1. The Morgan fingerprint density at radius 2 is 1.86 bits per heavy atom. The van der Waals surface area contributed by atoms with Crippen LogP contribution in [0.25, 0.3) is 0 Å². The summed E-state index contributed by atoms with van der Waals surface area (Å²) >= 11 is 12.5. The maximum absolute atomic E-state index is 12.7. The van der Waals surface area contributed by atoms with Gasteiger partial charge in [0, 0.05) is 12.1 Å². The van der Waals surface area contributed by atoms with Crippen molar-refractivity contribution in [1.29, 1.82) is 0 Å². The lowest BCUT2D eigenvalue weighted by molar-refractivity contribution is -0.142. The number of esters is 1. The van der Waals surface area contributed by atoms with E-state index in [0.717, 1.165) is 0 Å². The van der Waals surface area contributed by atoms with E-state index in [1.807, 2.05) is 6.07 Å². The highest BCUT2D eigenvalue weighted by Crippen LogP contribution is 2.43. The number of hydrogen-bond acceptors (Lipinski definition) is 3. The fourth-order valence-electron chi connectivity index (χ4n) is 2.86. The summed E-state index contributed by atoms with van der Waals surface area (Å²) < 4.78 is 6.54. The number of rotatable bonds is 3. The molecule has 22 heavy (non-hydrogen) atoms. The van der Waals surface area contributed by atoms with Crippen LogP contribution in [0.1, 0.15) is 34.1 Å². The molecule has 1 atom stereocenters. The molecule has 0 bridgehead atoms. The Morgan fingerprint density at radius 1 is 1.18 bits per heavy atom. The number of fused-ring (bicyclic) bond motifs is 1. The lowest BCUT2D eigenvalue weighted by atomic mass is 10.1. The molecule has 0 amide bonds. The number of carbonyl (C=O) groups is 2. The maximum Gasteiger partial charge on any atom is 0.314 e. The number of aromatic nitrogens is 1. The Bertz CT molecular complexity index is 752. The van der Waals surface area contributed by atoms with Gasteiger partial charge in [-0.25, -0.2) is 0 Å². The largest absolute Gasteiger partial charge is 0.469 e. The molecule has 1 aromatic heterocycles. The molecule has 4 nitrogen and oxygen atoms in total. The molecule has 0 aliphatic carbocycles. The van der Waals surface area contributed by atoms with E-state index in [0.29, 0.717) is 29.9 Å². The predicted octanol–water partition coefficient (Wildman–Crippen LogP) is 3.69. The molecule has 1 aliphatic heterocycles. The van der Waals surface area contributed by atoms with E-state index in [1.165, 1.54) is 7.11 Å². The van der Waals surface area contributed by atoms with Crippen molar-refractivity contribution in [1.82, 2.24) is 4.57 Å². The zero-order chi connectivity index (χ0) is 15.9. The first-order valence-corrected chi connectivity index (χ1v) is 7.56. The summed E-state index contributed by atoms with van der Waals surface area (Å²) in [6.45, 7) is 0.509. The van der Waals surface area contributed by atoms with Crippen LogP contribution in [-0.4, -0.2) is 23.4 Å². The highest BCUT2D eigenvalue weighted by Gasteiger charge is 2.38. The number of ether oxygens (including phenoxy) is 1. The molecule has 3 rings (SSSR count). The molecular formula is C16H13Cl2NO3. The fraction of sp³-hybridized carbons (Fsp3) is 0.250. The van der Waals surface area contributed by atoms with E-state index in [-0.39, 0.29) is 21.8 Å². The summed E-state index contributed by atoms with van der Waals surface area (Å²) in [6.07, 6.45) is 0.550. The normalized spacial score (nSPS) is 16.4. The predicted molar refractivity (Wildman–Crippen MR) is 83.7 cm³/mol. The van der Waals surface area contributed by atoms with Gasteiger partial charge in [0.15, 0.2) is 0 Å². The number of halogens is 2. The van der Waals surface area contributed by atoms with Crippen molar-refractivity contribution in [2.45, 2.75) is 18.9 Å². The van der Waals surface area contributed by atoms with Crippen LogP contribution in [0.5, 0.6) is 0 Å². The summed E-state index contributed by atoms with van der Waals surface area (Å²) in [7, 11) is 1.33. The monoisotopic (exact) mass is 337 g/mol. The number of hydrogen-bond donors (Lipinski definition) is 0. The minimum Gasteiger partial charge on any atom is -0.469 e. The number of nitrogens with zero attached hydrogens (tertiary/aromatic N) is 1. The molecule has 0 N–H and O–H groups in total. The molecule has 1 unspecified atom stereocenters. The van der Waals surface area contributed by atoms with Crippen LogP contribution in [0.4, 0.5) is 0 Å². The third kappa shape index (κ3) is 2.23. The van der Waals surface area contributed by atoms with Crippen molar-refractivity contribution in [3.05, 3.63) is 57.3 Å². The van der Waals surface area contributed by atoms with Gasteiger partial charge in [-0.3, -0.25) is 9.59 Å². The first-order chi connectivity index (χ1) is 10.6. The van der Waals surface area contributed by atoms with Crippen LogP contribution >= 0.6 is 23.2 Å². The molecule has 0 spiro atoms. The van der Waals surface area contributed by atoms with Gasteiger partial charge in [-0.05, 0) is 6.42 Å². The Hall–Kier alpha value is -1.78. The lowest BCUT2D eigenvalue weighted by Gasteiger charge is -2.07. The molecule has 0 fully saturated rings. The molecule has 0 saturated carbocycles. The molecule has 0 radical (unpaired) electrons. The van der Waals surface area contributed by atoms with Gasteiger partial charge in [0.1, 0.15) is 11.6 Å². The van der Waals surface area contributed by atoms with Gasteiger partial charge in [-0.2, -0.15) is 0 Å². The Morgan fingerprint density at radius 3 is 2.50 bits per heavy atom. The van der Waals surface area contributed by atoms with Gasteiger partial charge in [-0.1, -0.05) is 53.5 Å². The fourth-order valence-corrected chi connectivity index (χ4v) is 3.47. The van der Waals surface area contributed by atoms with Crippen LogP contribution in [-0.2, 0) is 16.1 Å².